The molecule has 0 aromatic carbocycles. The number of aromatic nitrogens is 3. The van der Waals surface area contributed by atoms with Crippen molar-refractivity contribution in [1.82, 2.24) is 14.8 Å². The largest absolute Gasteiger partial charge is 0.481 e. The maximum atomic E-state index is 12.5. The molecule has 0 radical (unpaired) electrons. The molecule has 118 valence electrons. The zero-order valence-electron chi connectivity index (χ0n) is 11.7. The standard InChI is InChI=1S/C13H12F3N3O3/c1-3-22-12(20)9-6-11(21-2)19(18-9)10-5-4-8(7-17-10)13(14,15)16/h4-7H,3H2,1-2H3. The molecule has 2 heterocycles. The molecule has 22 heavy (non-hydrogen) atoms. The lowest BCUT2D eigenvalue weighted by Crippen LogP contribution is -2.09. The fourth-order valence-corrected chi connectivity index (χ4v) is 1.66. The Hall–Kier alpha value is -2.58. The van der Waals surface area contributed by atoms with Gasteiger partial charge in [-0.2, -0.15) is 23.0 Å². The summed E-state index contributed by atoms with van der Waals surface area (Å²) >= 11 is 0. The summed E-state index contributed by atoms with van der Waals surface area (Å²) in [7, 11) is 1.34. The highest BCUT2D eigenvalue weighted by Crippen LogP contribution is 2.29. The first-order chi connectivity index (χ1) is 10.4. The lowest BCUT2D eigenvalue weighted by molar-refractivity contribution is -0.137. The molecule has 0 saturated carbocycles. The first-order valence-electron chi connectivity index (χ1n) is 6.21. The molecule has 0 spiro atoms. The second-order valence-corrected chi connectivity index (χ2v) is 4.11. The van der Waals surface area contributed by atoms with E-state index in [1.807, 2.05) is 0 Å². The quantitative estimate of drug-likeness (QED) is 0.811. The highest BCUT2D eigenvalue weighted by Gasteiger charge is 2.31. The number of halogens is 3. The van der Waals surface area contributed by atoms with Gasteiger partial charge in [0.05, 0.1) is 19.3 Å². The van der Waals surface area contributed by atoms with Crippen molar-refractivity contribution < 1.29 is 27.4 Å². The predicted octanol–water partition coefficient (Wildman–Crippen LogP) is 2.47. The van der Waals surface area contributed by atoms with Crippen LogP contribution in [-0.4, -0.2) is 34.5 Å². The maximum Gasteiger partial charge on any atom is 0.417 e. The Morgan fingerprint density at radius 1 is 1.36 bits per heavy atom. The van der Waals surface area contributed by atoms with Gasteiger partial charge in [0.25, 0.3) is 0 Å². The van der Waals surface area contributed by atoms with Crippen molar-refractivity contribution in [3.05, 3.63) is 35.7 Å². The first kappa shape index (κ1) is 15.8. The van der Waals surface area contributed by atoms with Crippen LogP contribution in [0.15, 0.2) is 24.4 Å². The van der Waals surface area contributed by atoms with Gasteiger partial charge in [0.15, 0.2) is 11.5 Å². The molecule has 0 saturated heterocycles. The molecule has 2 aromatic rings. The third-order valence-corrected chi connectivity index (χ3v) is 2.66. The Balaban J connectivity index is 2.37. The van der Waals surface area contributed by atoms with Gasteiger partial charge in [0, 0.05) is 12.3 Å². The van der Waals surface area contributed by atoms with Gasteiger partial charge in [-0.1, -0.05) is 0 Å². The van der Waals surface area contributed by atoms with Crippen LogP contribution in [0.3, 0.4) is 0 Å². The Kier molecular flexibility index (Phi) is 4.34. The average molecular weight is 315 g/mol. The number of esters is 1. The van der Waals surface area contributed by atoms with E-state index in [1.165, 1.54) is 13.2 Å². The number of hydrogen-bond acceptors (Lipinski definition) is 5. The summed E-state index contributed by atoms with van der Waals surface area (Å²) < 4.78 is 48.5. The molecule has 0 aliphatic rings. The summed E-state index contributed by atoms with van der Waals surface area (Å²) in [4.78, 5) is 15.3. The number of hydrogen-bond donors (Lipinski definition) is 0. The van der Waals surface area contributed by atoms with Crippen molar-refractivity contribution in [3.8, 4) is 11.7 Å². The topological polar surface area (TPSA) is 66.2 Å². The Morgan fingerprint density at radius 2 is 2.09 bits per heavy atom. The van der Waals surface area contributed by atoms with Gasteiger partial charge in [-0.25, -0.2) is 9.78 Å². The number of carbonyl (C=O) groups is 1. The molecule has 0 fully saturated rings. The number of pyridine rings is 1. The first-order valence-corrected chi connectivity index (χ1v) is 6.21. The molecule has 2 aromatic heterocycles. The van der Waals surface area contributed by atoms with Gasteiger partial charge in [-0.15, -0.1) is 0 Å². The van der Waals surface area contributed by atoms with Crippen molar-refractivity contribution in [1.29, 1.82) is 0 Å². The van der Waals surface area contributed by atoms with Gasteiger partial charge >= 0.3 is 12.1 Å². The fraction of sp³-hybridized carbons (Fsp3) is 0.308. The van der Waals surface area contributed by atoms with Crippen molar-refractivity contribution >= 4 is 5.97 Å². The Labute approximate surface area is 123 Å². The average Bonchev–Trinajstić information content (AvgIpc) is 2.91. The van der Waals surface area contributed by atoms with Gasteiger partial charge in [-0.05, 0) is 19.1 Å². The van der Waals surface area contributed by atoms with Crippen molar-refractivity contribution in [3.63, 3.8) is 0 Å². The van der Waals surface area contributed by atoms with Crippen LogP contribution in [0.4, 0.5) is 13.2 Å². The van der Waals surface area contributed by atoms with Gasteiger partial charge < -0.3 is 9.47 Å². The highest BCUT2D eigenvalue weighted by molar-refractivity contribution is 5.87. The SMILES string of the molecule is CCOC(=O)c1cc(OC)n(-c2ccc(C(F)(F)F)cn2)n1. The number of alkyl halides is 3. The molecule has 0 bridgehead atoms. The van der Waals surface area contributed by atoms with E-state index in [0.29, 0.717) is 6.20 Å². The fourth-order valence-electron chi connectivity index (χ4n) is 1.66. The third kappa shape index (κ3) is 3.18. The molecule has 0 aliphatic heterocycles. The van der Waals surface area contributed by atoms with Crippen molar-refractivity contribution in [2.75, 3.05) is 13.7 Å². The number of ether oxygens (including phenoxy) is 2. The van der Waals surface area contributed by atoms with Crippen LogP contribution in [0, 0.1) is 0 Å². The van der Waals surface area contributed by atoms with Crippen LogP contribution < -0.4 is 4.74 Å². The van der Waals surface area contributed by atoms with Crippen LogP contribution >= 0.6 is 0 Å². The lowest BCUT2D eigenvalue weighted by Gasteiger charge is -2.08. The second-order valence-electron chi connectivity index (χ2n) is 4.11. The van der Waals surface area contributed by atoms with E-state index in [-0.39, 0.29) is 24.0 Å². The van der Waals surface area contributed by atoms with Crippen LogP contribution in [0.5, 0.6) is 5.88 Å². The molecule has 9 heteroatoms. The van der Waals surface area contributed by atoms with E-state index < -0.39 is 17.7 Å². The second kappa shape index (κ2) is 6.04. The summed E-state index contributed by atoms with van der Waals surface area (Å²) in [5.74, 6) is -0.429. The minimum Gasteiger partial charge on any atom is -0.481 e. The van der Waals surface area contributed by atoms with Crippen LogP contribution in [0.1, 0.15) is 23.0 Å². The van der Waals surface area contributed by atoms with Gasteiger partial charge in [0.2, 0.25) is 5.88 Å². The minimum atomic E-state index is -4.48. The van der Waals surface area contributed by atoms with Crippen molar-refractivity contribution in [2.24, 2.45) is 0 Å². The van der Waals surface area contributed by atoms with E-state index in [0.717, 1.165) is 16.8 Å². The van der Waals surface area contributed by atoms with Crippen LogP contribution in [-0.2, 0) is 10.9 Å². The van der Waals surface area contributed by atoms with Gasteiger partial charge in [-0.3, -0.25) is 0 Å². The van der Waals surface area contributed by atoms with Crippen LogP contribution in [0.25, 0.3) is 5.82 Å². The smallest absolute Gasteiger partial charge is 0.417 e. The number of carbonyl (C=O) groups excluding carboxylic acids is 1. The van der Waals surface area contributed by atoms with Crippen LogP contribution in [0.2, 0.25) is 0 Å². The molecule has 0 aliphatic carbocycles. The monoisotopic (exact) mass is 315 g/mol. The summed E-state index contributed by atoms with van der Waals surface area (Å²) in [6.07, 6.45) is -3.80. The summed E-state index contributed by atoms with van der Waals surface area (Å²) in [6, 6.07) is 3.32. The molecule has 0 atom stereocenters. The van der Waals surface area contributed by atoms with E-state index in [2.05, 4.69) is 10.1 Å². The summed E-state index contributed by atoms with van der Waals surface area (Å²) in [5, 5.41) is 3.94. The number of rotatable bonds is 4. The van der Waals surface area contributed by atoms with E-state index >= 15 is 0 Å². The molecular formula is C13H12F3N3O3. The lowest BCUT2D eigenvalue weighted by atomic mass is 10.3. The molecule has 0 amide bonds. The van der Waals surface area contributed by atoms with E-state index in [4.69, 9.17) is 9.47 Å². The maximum absolute atomic E-state index is 12.5. The van der Waals surface area contributed by atoms with Crippen molar-refractivity contribution in [2.45, 2.75) is 13.1 Å². The van der Waals surface area contributed by atoms with E-state index in [1.54, 1.807) is 6.92 Å². The molecular weight excluding hydrogens is 303 g/mol. The summed E-state index contributed by atoms with van der Waals surface area (Å²) in [6.45, 7) is 1.82. The zero-order chi connectivity index (χ0) is 16.3. The minimum absolute atomic E-state index is 0.0274. The molecule has 0 unspecified atom stereocenters. The normalized spacial score (nSPS) is 11.3. The number of nitrogens with zero attached hydrogens (tertiary/aromatic N) is 3. The Morgan fingerprint density at radius 3 is 2.59 bits per heavy atom. The molecule has 2 rings (SSSR count). The molecule has 6 nitrogen and oxygen atoms in total. The Bertz CT molecular complexity index is 665. The molecule has 0 N–H and O–H groups in total. The number of methoxy groups -OCH3 is 1. The van der Waals surface area contributed by atoms with E-state index in [9.17, 15) is 18.0 Å². The van der Waals surface area contributed by atoms with Gasteiger partial charge in [0.1, 0.15) is 0 Å². The highest BCUT2D eigenvalue weighted by atomic mass is 19.4. The predicted molar refractivity (Wildman–Crippen MR) is 68.9 cm³/mol. The zero-order valence-corrected chi connectivity index (χ0v) is 11.7. The third-order valence-electron chi connectivity index (χ3n) is 2.66. The summed E-state index contributed by atoms with van der Waals surface area (Å²) in [5.41, 5.74) is -0.909.